The second-order valence-corrected chi connectivity index (χ2v) is 20.5. The highest BCUT2D eigenvalue weighted by Crippen LogP contribution is 2.51. The molecule has 2 unspecified atom stereocenters. The molecular weight excluding hydrogens is 829 g/mol. The van der Waals surface area contributed by atoms with E-state index in [4.69, 9.17) is 9.84 Å². The first kappa shape index (κ1) is 46.2. The minimum absolute atomic E-state index is 0.0334. The number of benzene rings is 2. The molecule has 0 aliphatic carbocycles. The van der Waals surface area contributed by atoms with E-state index in [2.05, 4.69) is 0 Å². The molecule has 2 atom stereocenters. The van der Waals surface area contributed by atoms with Crippen molar-refractivity contribution < 1.29 is 71.1 Å². The van der Waals surface area contributed by atoms with Crippen molar-refractivity contribution in [3.8, 4) is 0 Å². The molecule has 17 nitrogen and oxygen atoms in total. The number of nitrogens with zero attached hydrogens (tertiary/aromatic N) is 2. The fourth-order valence-electron chi connectivity index (χ4n) is 7.74. The second-order valence-electron chi connectivity index (χ2n) is 14.5. The Morgan fingerprint density at radius 3 is 1.88 bits per heavy atom. The summed E-state index contributed by atoms with van der Waals surface area (Å²) in [5.74, 6) is -2.11. The predicted molar refractivity (Wildman–Crippen MR) is 211 cm³/mol. The Labute approximate surface area is 333 Å². The maximum atomic E-state index is 12.3. The molecule has 0 saturated heterocycles. The number of allylic oxidation sites excluding steroid dienone is 4. The van der Waals surface area contributed by atoms with Crippen LogP contribution < -0.4 is 4.90 Å². The Hall–Kier alpha value is -3.54. The topological polar surface area (TPSA) is 270 Å². The van der Waals surface area contributed by atoms with E-state index in [1.54, 1.807) is 32.1 Å². The van der Waals surface area contributed by atoms with Gasteiger partial charge in [-0.25, -0.2) is 0 Å². The Morgan fingerprint density at radius 2 is 1.33 bits per heavy atom. The molecule has 2 aliphatic heterocycles. The molecule has 57 heavy (non-hydrogen) atoms. The number of hydrogen-bond acceptors (Lipinski definition) is 11. The van der Waals surface area contributed by atoms with Crippen LogP contribution in [0.4, 0.5) is 11.4 Å². The van der Waals surface area contributed by atoms with E-state index in [1.807, 2.05) is 9.48 Å². The van der Waals surface area contributed by atoms with Gasteiger partial charge >= 0.3 is 5.97 Å². The summed E-state index contributed by atoms with van der Waals surface area (Å²) in [6.45, 7) is 4.35. The molecule has 21 heteroatoms. The molecule has 316 valence electrons. The smallest absolute Gasteiger partial charge is 0.303 e. The zero-order valence-electron chi connectivity index (χ0n) is 31.7. The lowest BCUT2D eigenvalue weighted by Crippen LogP contribution is -2.32. The zero-order chi connectivity index (χ0) is 42.6. The number of carbonyl (C=O) groups is 1. The van der Waals surface area contributed by atoms with Gasteiger partial charge in [-0.2, -0.15) is 38.2 Å². The van der Waals surface area contributed by atoms with Crippen molar-refractivity contribution in [2.24, 2.45) is 0 Å². The quantitative estimate of drug-likeness (QED) is 0.0661. The van der Waals surface area contributed by atoms with Crippen LogP contribution in [-0.2, 0) is 60.8 Å². The Kier molecular flexibility index (Phi) is 14.4. The van der Waals surface area contributed by atoms with Crippen LogP contribution >= 0.6 is 0 Å². The van der Waals surface area contributed by atoms with Crippen LogP contribution in [0.25, 0.3) is 0 Å². The van der Waals surface area contributed by atoms with Gasteiger partial charge in [0.2, 0.25) is 5.69 Å². The van der Waals surface area contributed by atoms with Crippen molar-refractivity contribution in [2.75, 3.05) is 43.2 Å². The van der Waals surface area contributed by atoms with Gasteiger partial charge in [0.05, 0.1) is 33.3 Å². The van der Waals surface area contributed by atoms with E-state index in [9.17, 15) is 56.7 Å². The highest BCUT2D eigenvalue weighted by Gasteiger charge is 2.48. The zero-order valence-corrected chi connectivity index (χ0v) is 35.0. The lowest BCUT2D eigenvalue weighted by atomic mass is 9.75. The average Bonchev–Trinajstić information content (AvgIpc) is 3.45. The van der Waals surface area contributed by atoms with Crippen molar-refractivity contribution in [3.63, 3.8) is 0 Å². The van der Waals surface area contributed by atoms with Crippen LogP contribution in [0.2, 0.25) is 0 Å². The fourth-order valence-corrected chi connectivity index (χ4v) is 9.78. The summed E-state index contributed by atoms with van der Waals surface area (Å²) in [5.41, 5.74) is 0.996. The fraction of sp³-hybridized carbons (Fsp3) is 0.500. The number of carboxylic acid groups (broad SMARTS) is 1. The maximum absolute atomic E-state index is 12.3. The van der Waals surface area contributed by atoms with Gasteiger partial charge in [0.15, 0.2) is 5.71 Å². The molecule has 0 aromatic heterocycles. The molecule has 2 aromatic rings. The number of aliphatic carboxylic acids is 1. The molecule has 2 aliphatic rings. The number of carboxylic acids is 1. The van der Waals surface area contributed by atoms with Crippen molar-refractivity contribution in [1.82, 2.24) is 0 Å². The van der Waals surface area contributed by atoms with Crippen molar-refractivity contribution >= 4 is 63.5 Å². The van der Waals surface area contributed by atoms with E-state index in [0.29, 0.717) is 59.7 Å². The maximum Gasteiger partial charge on any atom is 0.303 e. The lowest BCUT2D eigenvalue weighted by molar-refractivity contribution is -0.438. The molecule has 4 rings (SSSR count). The highest BCUT2D eigenvalue weighted by atomic mass is 32.2. The van der Waals surface area contributed by atoms with Crippen LogP contribution in [-0.4, -0.2) is 112 Å². The molecule has 0 fully saturated rings. The minimum atomic E-state index is -4.67. The number of anilines is 1. The Balaban J connectivity index is 1.93. The van der Waals surface area contributed by atoms with E-state index in [0.717, 1.165) is 0 Å². The summed E-state index contributed by atoms with van der Waals surface area (Å²) in [5, 5.41) is 9.13. The molecular formula is C36H49N2O15S4+. The van der Waals surface area contributed by atoms with Crippen LogP contribution in [0, 0.1) is 0 Å². The van der Waals surface area contributed by atoms with E-state index < -0.39 is 73.7 Å². The number of fused-ring (bicyclic) bond motifs is 2. The highest BCUT2D eigenvalue weighted by molar-refractivity contribution is 7.86. The molecule has 0 spiro atoms. The van der Waals surface area contributed by atoms with E-state index in [1.165, 1.54) is 43.5 Å². The normalized spacial score (nSPS) is 20.8. The molecule has 5 N–H and O–H groups in total. The molecule has 2 heterocycles. The number of rotatable bonds is 21. The van der Waals surface area contributed by atoms with E-state index >= 15 is 0 Å². The van der Waals surface area contributed by atoms with Crippen LogP contribution in [0.3, 0.4) is 0 Å². The van der Waals surface area contributed by atoms with Crippen molar-refractivity contribution in [3.05, 3.63) is 71.5 Å². The van der Waals surface area contributed by atoms with Crippen molar-refractivity contribution in [1.29, 1.82) is 0 Å². The molecule has 0 bridgehead atoms. The number of hydrogen-bond donors (Lipinski definition) is 5. The third-order valence-corrected chi connectivity index (χ3v) is 13.8. The summed E-state index contributed by atoms with van der Waals surface area (Å²) in [6.07, 6.45) is 6.68. The average molecular weight is 878 g/mol. The SMILES string of the molecule is COCCN1/C(=C/C=C/C2=[N+](CCCCCC(=O)O)c3ccc(S(=O)(=O)O)cc3C2(C)CCCS(=O)(=O)O)C(C)(CCCS(=O)(=O)O)c2cc(S(=O)(=O)O)ccc21. The predicted octanol–water partition coefficient (Wildman–Crippen LogP) is 4.38. The van der Waals surface area contributed by atoms with Gasteiger partial charge in [-0.3, -0.25) is 23.0 Å². The van der Waals surface area contributed by atoms with Crippen LogP contribution in [0.15, 0.2) is 70.1 Å². The molecule has 0 amide bonds. The van der Waals surface area contributed by atoms with Crippen LogP contribution in [0.5, 0.6) is 0 Å². The van der Waals surface area contributed by atoms with Crippen molar-refractivity contribution in [2.45, 2.75) is 85.8 Å². The molecule has 0 saturated carbocycles. The first-order valence-corrected chi connectivity index (χ1v) is 24.1. The molecule has 0 radical (unpaired) electrons. The van der Waals surface area contributed by atoms with Gasteiger partial charge in [-0.1, -0.05) is 6.08 Å². The van der Waals surface area contributed by atoms with Gasteiger partial charge in [-0.15, -0.1) is 0 Å². The summed E-state index contributed by atoms with van der Waals surface area (Å²) in [7, 11) is -16.6. The van der Waals surface area contributed by atoms with E-state index in [-0.39, 0.29) is 50.2 Å². The summed E-state index contributed by atoms with van der Waals surface area (Å²) < 4.78 is 142. The number of ether oxygens (including phenoxy) is 1. The van der Waals surface area contributed by atoms with Gasteiger partial charge < -0.3 is 14.7 Å². The monoisotopic (exact) mass is 877 g/mol. The second kappa shape index (κ2) is 17.8. The van der Waals surface area contributed by atoms with Crippen LogP contribution in [0.1, 0.15) is 76.3 Å². The standard InChI is InChI=1S/C36H48N2O15S4/c1-35(17-8-22-54(41,42)43)28-24-26(56(47,48)49)13-15-30(28)37(19-6-4-5-12-34(39)40)32(35)10-7-11-33-36(2,18-9-23-55(44,45)46)29-25-27(57(50,51)52)14-16-31(29)38(33)20-21-53-3/h7,10-11,13-16,24-25H,4-6,8-9,12,17-23H2,1-3H3,(H4-,39,40,41,42,43,44,45,46,47,48,49,50,51,52)/p+1. The number of unbranched alkanes of at least 4 members (excludes halogenated alkanes) is 2. The lowest BCUT2D eigenvalue weighted by Gasteiger charge is -2.30. The Morgan fingerprint density at radius 1 is 0.772 bits per heavy atom. The van der Waals surface area contributed by atoms with Gasteiger partial charge in [-0.05, 0) is 94.3 Å². The van der Waals surface area contributed by atoms with Gasteiger partial charge in [0, 0.05) is 61.0 Å². The first-order valence-electron chi connectivity index (χ1n) is 18.0. The summed E-state index contributed by atoms with van der Waals surface area (Å²) in [6, 6.07) is 8.15. The van der Waals surface area contributed by atoms with Gasteiger partial charge in [0.25, 0.3) is 40.5 Å². The summed E-state index contributed by atoms with van der Waals surface area (Å²) in [4.78, 5) is 12.2. The van der Waals surface area contributed by atoms with Gasteiger partial charge in [0.1, 0.15) is 6.54 Å². The number of methoxy groups -OCH3 is 1. The third-order valence-electron chi connectivity index (χ3n) is 10.5. The minimum Gasteiger partial charge on any atom is -0.481 e. The Bertz CT molecular complexity index is 2410. The largest absolute Gasteiger partial charge is 0.481 e. The molecule has 2 aromatic carbocycles. The third kappa shape index (κ3) is 11.4. The first-order chi connectivity index (χ1) is 26.3. The summed E-state index contributed by atoms with van der Waals surface area (Å²) >= 11 is 0.